The van der Waals surface area contributed by atoms with E-state index in [0.29, 0.717) is 16.9 Å². The van der Waals surface area contributed by atoms with Crippen molar-refractivity contribution in [1.29, 1.82) is 0 Å². The molecule has 0 fully saturated rings. The van der Waals surface area contributed by atoms with Crippen LogP contribution in [0.25, 0.3) is 0 Å². The second-order valence-corrected chi connectivity index (χ2v) is 4.11. The van der Waals surface area contributed by atoms with E-state index in [2.05, 4.69) is 36.8 Å². The van der Waals surface area contributed by atoms with Gasteiger partial charge in [-0.15, -0.1) is 5.10 Å². The summed E-state index contributed by atoms with van der Waals surface area (Å²) in [4.78, 5) is 0. The average Bonchev–Trinajstić information content (AvgIpc) is 2.72. The zero-order valence-corrected chi connectivity index (χ0v) is 10.6. The van der Waals surface area contributed by atoms with E-state index in [1.54, 1.807) is 19.2 Å². The lowest BCUT2D eigenvalue weighted by Gasteiger charge is -2.04. The molecule has 0 aliphatic carbocycles. The first kappa shape index (κ1) is 12.0. The molecule has 0 saturated carbocycles. The molecule has 0 amide bonds. The maximum atomic E-state index is 13.5. The lowest BCUT2D eigenvalue weighted by molar-refractivity contribution is 0.492. The van der Waals surface area contributed by atoms with Crippen LogP contribution < -0.4 is 10.6 Å². The van der Waals surface area contributed by atoms with Gasteiger partial charge in [-0.25, -0.2) is 4.39 Å². The predicted octanol–water partition coefficient (Wildman–Crippen LogP) is 2.43. The fourth-order valence-electron chi connectivity index (χ4n) is 1.25. The van der Waals surface area contributed by atoms with Gasteiger partial charge in [0.05, 0.1) is 12.2 Å². The number of nitrogens with one attached hydrogen (secondary N) is 2. The minimum atomic E-state index is -0.396. The molecule has 90 valence electrons. The Balaban J connectivity index is 2.19. The molecule has 5 nitrogen and oxygen atoms in total. The Morgan fingerprint density at radius 1 is 1.41 bits per heavy atom. The van der Waals surface area contributed by atoms with E-state index in [0.717, 1.165) is 0 Å². The van der Waals surface area contributed by atoms with Gasteiger partial charge in [-0.1, -0.05) is 11.2 Å². The van der Waals surface area contributed by atoms with Crippen molar-refractivity contribution in [1.82, 2.24) is 15.5 Å². The molecule has 1 aromatic heterocycles. The van der Waals surface area contributed by atoms with Crippen LogP contribution >= 0.6 is 15.9 Å². The van der Waals surface area contributed by atoms with Crippen molar-refractivity contribution < 1.29 is 8.81 Å². The van der Waals surface area contributed by atoms with Gasteiger partial charge in [0.2, 0.25) is 5.89 Å². The normalized spacial score (nSPS) is 10.5. The third kappa shape index (κ3) is 2.80. The van der Waals surface area contributed by atoms with Crippen LogP contribution in [0, 0.1) is 5.82 Å². The molecule has 2 N–H and O–H groups in total. The molecule has 2 aromatic rings. The van der Waals surface area contributed by atoms with Gasteiger partial charge < -0.3 is 15.1 Å². The Labute approximate surface area is 106 Å². The molecule has 0 spiro atoms. The topological polar surface area (TPSA) is 63.0 Å². The van der Waals surface area contributed by atoms with E-state index < -0.39 is 5.82 Å². The Kier molecular flexibility index (Phi) is 3.70. The monoisotopic (exact) mass is 300 g/mol. The van der Waals surface area contributed by atoms with Gasteiger partial charge in [0.25, 0.3) is 0 Å². The van der Waals surface area contributed by atoms with Crippen LogP contribution in [-0.2, 0) is 6.54 Å². The third-order valence-corrected chi connectivity index (χ3v) is 2.65. The first-order valence-corrected chi connectivity index (χ1v) is 5.68. The van der Waals surface area contributed by atoms with Crippen LogP contribution in [-0.4, -0.2) is 17.2 Å². The SMILES string of the molecule is CNCc1nnc(Nc2c(F)cccc2Br)o1. The lowest BCUT2D eigenvalue weighted by Crippen LogP contribution is -2.04. The molecule has 1 aromatic carbocycles. The van der Waals surface area contributed by atoms with Gasteiger partial charge >= 0.3 is 6.01 Å². The quantitative estimate of drug-likeness (QED) is 0.908. The van der Waals surface area contributed by atoms with Crippen molar-refractivity contribution in [3.8, 4) is 0 Å². The van der Waals surface area contributed by atoms with Crippen LogP contribution in [0.4, 0.5) is 16.1 Å². The average molecular weight is 301 g/mol. The fourth-order valence-corrected chi connectivity index (χ4v) is 1.69. The van der Waals surface area contributed by atoms with Crippen molar-refractivity contribution in [2.24, 2.45) is 0 Å². The smallest absolute Gasteiger partial charge is 0.320 e. The molecule has 2 rings (SSSR count). The highest BCUT2D eigenvalue weighted by molar-refractivity contribution is 9.10. The van der Waals surface area contributed by atoms with E-state index in [4.69, 9.17) is 4.42 Å². The Bertz CT molecular complexity index is 497. The third-order valence-electron chi connectivity index (χ3n) is 1.99. The van der Waals surface area contributed by atoms with E-state index in [1.165, 1.54) is 6.07 Å². The molecule has 0 aliphatic rings. The number of halogens is 2. The second kappa shape index (κ2) is 5.24. The van der Waals surface area contributed by atoms with Crippen molar-refractivity contribution in [2.45, 2.75) is 6.54 Å². The van der Waals surface area contributed by atoms with Gasteiger partial charge in [-0.05, 0) is 35.1 Å². The number of hydrogen-bond acceptors (Lipinski definition) is 5. The number of nitrogens with zero attached hydrogens (tertiary/aromatic N) is 2. The maximum Gasteiger partial charge on any atom is 0.320 e. The number of rotatable bonds is 4. The molecule has 0 saturated heterocycles. The highest BCUT2D eigenvalue weighted by Gasteiger charge is 2.10. The summed E-state index contributed by atoms with van der Waals surface area (Å²) in [6, 6.07) is 4.82. The number of benzene rings is 1. The summed E-state index contributed by atoms with van der Waals surface area (Å²) in [5.74, 6) is 0.0372. The molecule has 17 heavy (non-hydrogen) atoms. The molecule has 1 heterocycles. The van der Waals surface area contributed by atoms with Gasteiger partial charge in [0.15, 0.2) is 0 Å². The van der Waals surface area contributed by atoms with Crippen molar-refractivity contribution >= 4 is 27.6 Å². The van der Waals surface area contributed by atoms with Crippen molar-refractivity contribution in [2.75, 3.05) is 12.4 Å². The predicted molar refractivity (Wildman–Crippen MR) is 64.4 cm³/mol. The van der Waals surface area contributed by atoms with Crippen LogP contribution in [0.15, 0.2) is 27.1 Å². The van der Waals surface area contributed by atoms with Crippen LogP contribution in [0.3, 0.4) is 0 Å². The summed E-state index contributed by atoms with van der Waals surface area (Å²) in [6.45, 7) is 0.465. The Morgan fingerprint density at radius 3 is 2.94 bits per heavy atom. The van der Waals surface area contributed by atoms with Crippen LogP contribution in [0.5, 0.6) is 0 Å². The van der Waals surface area contributed by atoms with Crippen LogP contribution in [0.2, 0.25) is 0 Å². The van der Waals surface area contributed by atoms with E-state index in [9.17, 15) is 4.39 Å². The number of para-hydroxylation sites is 1. The Hall–Kier alpha value is -1.47. The highest BCUT2D eigenvalue weighted by atomic mass is 79.9. The standard InChI is InChI=1S/C10H10BrFN4O/c1-13-5-8-15-16-10(17-8)14-9-6(11)3-2-4-7(9)12/h2-4,13H,5H2,1H3,(H,14,16). The minimum absolute atomic E-state index is 0.154. The fraction of sp³-hybridized carbons (Fsp3) is 0.200. The van der Waals surface area contributed by atoms with E-state index in [-0.39, 0.29) is 11.7 Å². The zero-order valence-electron chi connectivity index (χ0n) is 9.00. The summed E-state index contributed by atoms with van der Waals surface area (Å²) in [7, 11) is 1.77. The lowest BCUT2D eigenvalue weighted by atomic mass is 10.3. The number of anilines is 2. The first-order chi connectivity index (χ1) is 8.20. The molecular formula is C10H10BrFN4O. The molecule has 7 heteroatoms. The van der Waals surface area contributed by atoms with Gasteiger partial charge in [0.1, 0.15) is 5.82 Å². The number of hydrogen-bond donors (Lipinski definition) is 2. The van der Waals surface area contributed by atoms with Gasteiger partial charge in [0, 0.05) is 4.47 Å². The first-order valence-electron chi connectivity index (χ1n) is 4.88. The van der Waals surface area contributed by atoms with E-state index in [1.807, 2.05) is 0 Å². The summed E-state index contributed by atoms with van der Waals surface area (Å²) in [6.07, 6.45) is 0. The summed E-state index contributed by atoms with van der Waals surface area (Å²) in [5, 5.41) is 13.1. The minimum Gasteiger partial charge on any atom is -0.406 e. The molecule has 0 atom stereocenters. The highest BCUT2D eigenvalue weighted by Crippen LogP contribution is 2.27. The molecule has 0 bridgehead atoms. The van der Waals surface area contributed by atoms with E-state index >= 15 is 0 Å². The summed E-state index contributed by atoms with van der Waals surface area (Å²) >= 11 is 3.24. The van der Waals surface area contributed by atoms with Crippen molar-refractivity contribution in [3.05, 3.63) is 34.4 Å². The van der Waals surface area contributed by atoms with Gasteiger partial charge in [-0.3, -0.25) is 0 Å². The van der Waals surface area contributed by atoms with Crippen molar-refractivity contribution in [3.63, 3.8) is 0 Å². The van der Waals surface area contributed by atoms with Crippen LogP contribution in [0.1, 0.15) is 5.89 Å². The van der Waals surface area contributed by atoms with Gasteiger partial charge in [-0.2, -0.15) is 0 Å². The molecule has 0 radical (unpaired) electrons. The molecule has 0 unspecified atom stereocenters. The Morgan fingerprint density at radius 2 is 2.24 bits per heavy atom. The molecular weight excluding hydrogens is 291 g/mol. The maximum absolute atomic E-state index is 13.5. The largest absolute Gasteiger partial charge is 0.406 e. The zero-order chi connectivity index (χ0) is 12.3. The summed E-state index contributed by atoms with van der Waals surface area (Å²) < 4.78 is 19.3. The second-order valence-electron chi connectivity index (χ2n) is 3.25. The number of aromatic nitrogens is 2. The molecule has 0 aliphatic heterocycles. The summed E-state index contributed by atoms with van der Waals surface area (Å²) in [5.41, 5.74) is 0.271.